The summed E-state index contributed by atoms with van der Waals surface area (Å²) in [4.78, 5) is 26.1. The number of benzene rings is 1. The summed E-state index contributed by atoms with van der Waals surface area (Å²) in [5, 5.41) is 2.90. The maximum atomic E-state index is 12.7. The number of nitrogens with one attached hydrogen (secondary N) is 1. The minimum atomic E-state index is -0.291. The summed E-state index contributed by atoms with van der Waals surface area (Å²) in [6.45, 7) is 4.76. The van der Waals surface area contributed by atoms with Crippen LogP contribution in [0.2, 0.25) is 0 Å². The number of hydrogen-bond acceptors (Lipinski definition) is 3. The number of piperidine rings is 1. The summed E-state index contributed by atoms with van der Waals surface area (Å²) < 4.78 is 0. The molecule has 1 aliphatic rings. The first-order valence-corrected chi connectivity index (χ1v) is 8.34. The topological polar surface area (TPSA) is 75.4 Å². The van der Waals surface area contributed by atoms with E-state index in [1.54, 1.807) is 0 Å². The maximum absolute atomic E-state index is 12.7. The van der Waals surface area contributed by atoms with Gasteiger partial charge in [-0.15, -0.1) is 0 Å². The smallest absolute Gasteiger partial charge is 0.225 e. The zero-order valence-electron chi connectivity index (χ0n) is 14.0. The van der Waals surface area contributed by atoms with Gasteiger partial charge in [0.15, 0.2) is 0 Å². The molecule has 0 aromatic heterocycles. The van der Waals surface area contributed by atoms with Gasteiger partial charge in [-0.25, -0.2) is 0 Å². The van der Waals surface area contributed by atoms with E-state index in [2.05, 4.69) is 5.32 Å². The molecule has 5 nitrogen and oxygen atoms in total. The van der Waals surface area contributed by atoms with Gasteiger partial charge in [0.1, 0.15) is 0 Å². The fourth-order valence-electron chi connectivity index (χ4n) is 3.16. The number of rotatable bonds is 5. The highest BCUT2D eigenvalue weighted by Gasteiger charge is 2.28. The Hall–Kier alpha value is -1.88. The molecule has 1 saturated heterocycles. The van der Waals surface area contributed by atoms with Gasteiger partial charge in [-0.1, -0.05) is 29.8 Å². The molecule has 1 aromatic rings. The molecule has 2 amide bonds. The second-order valence-corrected chi connectivity index (χ2v) is 6.34. The number of likely N-dealkylation sites (tertiary alicyclic amines) is 1. The molecule has 0 spiro atoms. The van der Waals surface area contributed by atoms with Crippen LogP contribution in [0, 0.1) is 6.92 Å². The fraction of sp³-hybridized carbons (Fsp3) is 0.556. The molecule has 5 heteroatoms. The van der Waals surface area contributed by atoms with Crippen molar-refractivity contribution in [3.8, 4) is 0 Å². The van der Waals surface area contributed by atoms with Crippen LogP contribution in [-0.2, 0) is 9.59 Å². The average molecular weight is 317 g/mol. The van der Waals surface area contributed by atoms with Gasteiger partial charge < -0.3 is 16.0 Å². The number of aryl methyl sites for hydroxylation is 1. The minimum Gasteiger partial charge on any atom is -0.349 e. The molecule has 1 heterocycles. The Morgan fingerprint density at radius 3 is 2.61 bits per heavy atom. The number of hydrogen-bond donors (Lipinski definition) is 2. The highest BCUT2D eigenvalue weighted by atomic mass is 16.2. The standard InChI is InChI=1S/C18H27N3O2/c1-13-6-8-15(9-7-13)17(20-14(2)22)11-18(23)21-10-4-3-5-16(21)12-19/h6-9,16-17H,3-5,10-12,19H2,1-2H3,(H,20,22). The molecule has 0 saturated carbocycles. The summed E-state index contributed by atoms with van der Waals surface area (Å²) in [5.41, 5.74) is 7.92. The van der Waals surface area contributed by atoms with Gasteiger partial charge in [-0.05, 0) is 31.7 Å². The number of nitrogens with zero attached hydrogens (tertiary/aromatic N) is 1. The van der Waals surface area contributed by atoms with E-state index < -0.39 is 0 Å². The SMILES string of the molecule is CC(=O)NC(CC(=O)N1CCCCC1CN)c1ccc(C)cc1. The van der Waals surface area contributed by atoms with E-state index in [9.17, 15) is 9.59 Å². The lowest BCUT2D eigenvalue weighted by Crippen LogP contribution is -2.48. The van der Waals surface area contributed by atoms with Crippen molar-refractivity contribution in [3.05, 3.63) is 35.4 Å². The molecule has 3 N–H and O–H groups in total. The third-order valence-electron chi connectivity index (χ3n) is 4.46. The number of carbonyl (C=O) groups excluding carboxylic acids is 2. The van der Waals surface area contributed by atoms with E-state index in [4.69, 9.17) is 5.73 Å². The number of carbonyl (C=O) groups is 2. The zero-order valence-corrected chi connectivity index (χ0v) is 14.0. The molecule has 2 rings (SSSR count). The summed E-state index contributed by atoms with van der Waals surface area (Å²) >= 11 is 0. The quantitative estimate of drug-likeness (QED) is 0.871. The normalized spacial score (nSPS) is 19.3. The van der Waals surface area contributed by atoms with Gasteiger partial charge in [-0.2, -0.15) is 0 Å². The minimum absolute atomic E-state index is 0.0690. The molecule has 1 fully saturated rings. The number of nitrogens with two attached hydrogens (primary N) is 1. The van der Waals surface area contributed by atoms with Crippen LogP contribution in [0.3, 0.4) is 0 Å². The Balaban J connectivity index is 2.11. The van der Waals surface area contributed by atoms with Crippen LogP contribution in [0.5, 0.6) is 0 Å². The van der Waals surface area contributed by atoms with Crippen molar-refractivity contribution in [1.82, 2.24) is 10.2 Å². The van der Waals surface area contributed by atoms with Crippen LogP contribution < -0.4 is 11.1 Å². The van der Waals surface area contributed by atoms with Gasteiger partial charge in [0.05, 0.1) is 12.5 Å². The highest BCUT2D eigenvalue weighted by molar-refractivity contribution is 5.79. The van der Waals surface area contributed by atoms with Crippen LogP contribution >= 0.6 is 0 Å². The Kier molecular flexibility index (Phi) is 6.16. The molecular weight excluding hydrogens is 290 g/mol. The van der Waals surface area contributed by atoms with Crippen LogP contribution in [0.15, 0.2) is 24.3 Å². The molecular formula is C18H27N3O2. The van der Waals surface area contributed by atoms with E-state index >= 15 is 0 Å². The maximum Gasteiger partial charge on any atom is 0.225 e. The van der Waals surface area contributed by atoms with Crippen molar-refractivity contribution in [2.24, 2.45) is 5.73 Å². The van der Waals surface area contributed by atoms with Gasteiger partial charge >= 0.3 is 0 Å². The van der Waals surface area contributed by atoms with Crippen molar-refractivity contribution in [3.63, 3.8) is 0 Å². The molecule has 1 aromatic carbocycles. The fourth-order valence-corrected chi connectivity index (χ4v) is 3.16. The van der Waals surface area contributed by atoms with E-state index in [1.165, 1.54) is 6.92 Å². The first-order valence-electron chi connectivity index (χ1n) is 8.34. The molecule has 23 heavy (non-hydrogen) atoms. The third kappa shape index (κ3) is 4.79. The molecule has 0 aliphatic carbocycles. The third-order valence-corrected chi connectivity index (χ3v) is 4.46. The van der Waals surface area contributed by atoms with Crippen molar-refractivity contribution < 1.29 is 9.59 Å². The lowest BCUT2D eigenvalue weighted by molar-refractivity contribution is -0.135. The first kappa shape index (κ1) is 17.5. The van der Waals surface area contributed by atoms with E-state index in [1.807, 2.05) is 36.1 Å². The van der Waals surface area contributed by atoms with Gasteiger partial charge in [0, 0.05) is 26.1 Å². The van der Waals surface area contributed by atoms with Gasteiger partial charge in [-0.3, -0.25) is 9.59 Å². The van der Waals surface area contributed by atoms with Crippen molar-refractivity contribution in [2.75, 3.05) is 13.1 Å². The van der Waals surface area contributed by atoms with Crippen LogP contribution in [0.1, 0.15) is 49.8 Å². The predicted molar refractivity (Wildman–Crippen MR) is 90.8 cm³/mol. The molecule has 0 radical (unpaired) electrons. The Labute approximate surface area is 138 Å². The van der Waals surface area contributed by atoms with Gasteiger partial charge in [0.25, 0.3) is 0 Å². The Morgan fingerprint density at radius 2 is 2.00 bits per heavy atom. The second-order valence-electron chi connectivity index (χ2n) is 6.34. The molecule has 0 bridgehead atoms. The zero-order chi connectivity index (χ0) is 16.8. The lowest BCUT2D eigenvalue weighted by Gasteiger charge is -2.36. The lowest BCUT2D eigenvalue weighted by atomic mass is 9.98. The van der Waals surface area contributed by atoms with Crippen LogP contribution in [0.25, 0.3) is 0 Å². The molecule has 1 aliphatic heterocycles. The van der Waals surface area contributed by atoms with Gasteiger partial charge in [0.2, 0.25) is 11.8 Å². The van der Waals surface area contributed by atoms with E-state index in [0.29, 0.717) is 6.54 Å². The van der Waals surface area contributed by atoms with Crippen LogP contribution in [-0.4, -0.2) is 35.8 Å². The molecule has 126 valence electrons. The highest BCUT2D eigenvalue weighted by Crippen LogP contribution is 2.22. The Bertz CT molecular complexity index is 542. The predicted octanol–water partition coefficient (Wildman–Crippen LogP) is 1.90. The summed E-state index contributed by atoms with van der Waals surface area (Å²) in [6, 6.07) is 7.78. The molecule has 2 atom stereocenters. The Morgan fingerprint density at radius 1 is 1.30 bits per heavy atom. The van der Waals surface area contributed by atoms with Crippen LogP contribution in [0.4, 0.5) is 0 Å². The average Bonchev–Trinajstić information content (AvgIpc) is 2.54. The second kappa shape index (κ2) is 8.11. The van der Waals surface area contributed by atoms with E-state index in [-0.39, 0.29) is 30.3 Å². The summed E-state index contributed by atoms with van der Waals surface area (Å²) in [7, 11) is 0. The largest absolute Gasteiger partial charge is 0.349 e. The molecule has 2 unspecified atom stereocenters. The summed E-state index contributed by atoms with van der Waals surface area (Å²) in [6.07, 6.45) is 3.40. The van der Waals surface area contributed by atoms with Crippen molar-refractivity contribution in [1.29, 1.82) is 0 Å². The van der Waals surface area contributed by atoms with Crippen molar-refractivity contribution >= 4 is 11.8 Å². The monoisotopic (exact) mass is 317 g/mol. The van der Waals surface area contributed by atoms with Crippen molar-refractivity contribution in [2.45, 2.75) is 51.6 Å². The number of amides is 2. The summed E-state index contributed by atoms with van der Waals surface area (Å²) in [5.74, 6) is -0.0585. The first-order chi connectivity index (χ1) is 11.0. The van der Waals surface area contributed by atoms with E-state index in [0.717, 1.165) is 36.9 Å².